The highest BCUT2D eigenvalue weighted by Crippen LogP contribution is 2.50. The Morgan fingerprint density at radius 3 is 2.40 bits per heavy atom. The summed E-state index contributed by atoms with van der Waals surface area (Å²) in [5.74, 6) is -2.55. The number of imidazole rings is 1. The fraction of sp³-hybridized carbons (Fsp3) is 0.567. The van der Waals surface area contributed by atoms with Gasteiger partial charge in [-0.05, 0) is 18.9 Å². The van der Waals surface area contributed by atoms with Crippen molar-refractivity contribution in [3.63, 3.8) is 0 Å². The number of carbonyl (C=O) groups is 2. The van der Waals surface area contributed by atoms with Crippen LogP contribution in [0.25, 0.3) is 11.2 Å². The lowest BCUT2D eigenvalue weighted by molar-refractivity contribution is -0.158. The first-order chi connectivity index (χ1) is 27.4. The molecule has 5 rings (SSSR count). The van der Waals surface area contributed by atoms with E-state index in [2.05, 4.69) is 31.0 Å². The first-order valence-corrected chi connectivity index (χ1v) is 20.4. The van der Waals surface area contributed by atoms with E-state index in [0.717, 1.165) is 28.1 Å². The highest BCUT2D eigenvalue weighted by atomic mass is 31.2. The van der Waals surface area contributed by atoms with Gasteiger partial charge in [0.25, 0.3) is 0 Å². The van der Waals surface area contributed by atoms with Gasteiger partial charge in [0.1, 0.15) is 48.2 Å². The molecule has 10 N–H and O–H groups in total. The summed E-state index contributed by atoms with van der Waals surface area (Å²) in [5.41, 5.74) is 10.6. The second-order valence-electron chi connectivity index (χ2n) is 12.9. The lowest BCUT2D eigenvalue weighted by atomic mass is 10.0. The minimum absolute atomic E-state index is 0.0337. The van der Waals surface area contributed by atoms with Crippen molar-refractivity contribution in [1.29, 1.82) is 0 Å². The summed E-state index contributed by atoms with van der Waals surface area (Å²) in [6.07, 6.45) is -7.32. The zero-order valence-electron chi connectivity index (χ0n) is 30.6. The molecule has 0 aromatic carbocycles. The molecule has 10 atom stereocenters. The molecule has 1 amide bonds. The topological polar surface area (TPSA) is 379 Å². The number of hydrogen-bond donors (Lipinski definition) is 8. The van der Waals surface area contributed by atoms with Crippen LogP contribution in [0.15, 0.2) is 42.4 Å². The molecule has 0 saturated carbocycles. The van der Waals surface area contributed by atoms with Gasteiger partial charge in [0.15, 0.2) is 30.0 Å². The predicted molar refractivity (Wildman–Crippen MR) is 194 cm³/mol. The number of phosphoric ester groups is 2. The maximum Gasteiger partial charge on any atom is 0.472 e. The van der Waals surface area contributed by atoms with Crippen LogP contribution in [0, 0.1) is 0 Å². The third-order valence-corrected chi connectivity index (χ3v) is 10.4. The van der Waals surface area contributed by atoms with E-state index in [1.807, 2.05) is 0 Å². The standard InChI is InChI=1S/C30H43N9O17P2/c1-3-5-6-19(40)39(15(29(43)44)10-51-9-4-2)21-16(54-27(22(21)41)38-14-35-20-25(32)33-13-34-26(20)38)11-53-58(49,50)56-24-17(12-52-57(46,47)48)55-28(23(24)42)37-8-7-18(31)36-30(37)45/h3,7-8,13-17,21-24,27-28,41-42H,1,4-6,9-12H2,2H3,(H,43,44)(H,49,50)(H2,31,36,45)(H2,32,33,34)(H2,46,47,48)/t15-,16?,17-,21?,22?,23-,24-,27?,28-/m1/s1. The largest absolute Gasteiger partial charge is 0.480 e. The zero-order chi connectivity index (χ0) is 42.5. The van der Waals surface area contributed by atoms with Crippen LogP contribution >= 0.6 is 15.6 Å². The Kier molecular flexibility index (Phi) is 14.5. The molecule has 3 aromatic heterocycles. The Hall–Kier alpha value is -4.27. The molecule has 0 bridgehead atoms. The van der Waals surface area contributed by atoms with E-state index in [0.29, 0.717) is 6.42 Å². The summed E-state index contributed by atoms with van der Waals surface area (Å²) < 4.78 is 59.3. The minimum atomic E-state index is -5.47. The third kappa shape index (κ3) is 10.3. The molecular formula is C30H43N9O17P2. The molecule has 2 aliphatic rings. The average molecular weight is 864 g/mol. The molecule has 0 radical (unpaired) electrons. The predicted octanol–water partition coefficient (Wildman–Crippen LogP) is -1.58. The second kappa shape index (κ2) is 18.8. The Labute approximate surface area is 327 Å². The molecule has 0 spiro atoms. The van der Waals surface area contributed by atoms with Crippen LogP contribution in [-0.2, 0) is 46.5 Å². The number of ether oxygens (including phenoxy) is 3. The molecule has 2 saturated heterocycles. The monoisotopic (exact) mass is 863 g/mol. The Morgan fingerprint density at radius 1 is 1.05 bits per heavy atom. The van der Waals surface area contributed by atoms with Crippen LogP contribution < -0.4 is 17.2 Å². The highest BCUT2D eigenvalue weighted by molar-refractivity contribution is 7.47. The molecule has 28 heteroatoms. The number of aromatic nitrogens is 6. The molecule has 5 unspecified atom stereocenters. The molecular weight excluding hydrogens is 820 g/mol. The number of carboxylic acids is 1. The van der Waals surface area contributed by atoms with Crippen molar-refractivity contribution >= 4 is 50.3 Å². The van der Waals surface area contributed by atoms with Crippen LogP contribution in [0.4, 0.5) is 11.6 Å². The first kappa shape index (κ1) is 44.8. The van der Waals surface area contributed by atoms with E-state index in [9.17, 15) is 53.5 Å². The fourth-order valence-electron chi connectivity index (χ4n) is 6.36. The van der Waals surface area contributed by atoms with E-state index in [1.54, 1.807) is 6.92 Å². The van der Waals surface area contributed by atoms with E-state index in [1.165, 1.54) is 17.0 Å². The van der Waals surface area contributed by atoms with Crippen molar-refractivity contribution in [2.75, 3.05) is 37.9 Å². The Bertz CT molecular complexity index is 2100. The van der Waals surface area contributed by atoms with E-state index < -0.39 is 108 Å². The van der Waals surface area contributed by atoms with Crippen LogP contribution in [0.3, 0.4) is 0 Å². The minimum Gasteiger partial charge on any atom is -0.480 e. The summed E-state index contributed by atoms with van der Waals surface area (Å²) in [4.78, 5) is 85.3. The van der Waals surface area contributed by atoms with Crippen molar-refractivity contribution in [2.24, 2.45) is 0 Å². The summed E-state index contributed by atoms with van der Waals surface area (Å²) in [6.45, 7) is 2.90. The quantitative estimate of drug-likeness (QED) is 0.0361. The van der Waals surface area contributed by atoms with Crippen molar-refractivity contribution in [3.05, 3.63) is 48.1 Å². The number of aliphatic hydroxyl groups excluding tert-OH is 2. The lowest BCUT2D eigenvalue weighted by Crippen LogP contribution is -2.59. The van der Waals surface area contributed by atoms with Gasteiger partial charge in [-0.2, -0.15) is 4.98 Å². The number of anilines is 2. The van der Waals surface area contributed by atoms with Crippen molar-refractivity contribution in [3.8, 4) is 0 Å². The molecule has 26 nitrogen and oxygen atoms in total. The van der Waals surface area contributed by atoms with Crippen LogP contribution in [0.1, 0.15) is 38.6 Å². The number of hydrogen-bond acceptors (Lipinski definition) is 19. The van der Waals surface area contributed by atoms with E-state index in [-0.39, 0.29) is 42.2 Å². The van der Waals surface area contributed by atoms with Gasteiger partial charge >= 0.3 is 27.3 Å². The number of phosphoric acid groups is 2. The number of fused-ring (bicyclic) bond motifs is 1. The lowest BCUT2D eigenvalue weighted by Gasteiger charge is -2.37. The van der Waals surface area contributed by atoms with Gasteiger partial charge in [-0.1, -0.05) is 13.0 Å². The van der Waals surface area contributed by atoms with Crippen LogP contribution in [-0.4, -0.2) is 145 Å². The van der Waals surface area contributed by atoms with Crippen molar-refractivity contribution < 1.29 is 76.5 Å². The number of rotatable bonds is 20. The molecule has 320 valence electrons. The van der Waals surface area contributed by atoms with Gasteiger partial charge in [-0.25, -0.2) is 33.7 Å². The summed E-state index contributed by atoms with van der Waals surface area (Å²) in [5, 5.41) is 33.4. The SMILES string of the molecule is C=CCCC(=O)N(C1C(COP(=O)(O)O[C@H]2[C@@H](O)[C@H](n3ccc(N)nc3=O)O[C@@H]2COP(=O)(O)O)OC(n2cnc3c(N)ncnc32)C1O)[C@H](COCCC)C(=O)O. The molecule has 2 fully saturated rings. The van der Waals surface area contributed by atoms with Gasteiger partial charge < -0.3 is 60.6 Å². The second-order valence-corrected chi connectivity index (χ2v) is 15.6. The Balaban J connectivity index is 1.48. The number of amides is 1. The smallest absolute Gasteiger partial charge is 0.472 e. The highest BCUT2D eigenvalue weighted by Gasteiger charge is 2.54. The normalized spacial score (nSPS) is 26.4. The molecule has 3 aromatic rings. The molecule has 2 aliphatic heterocycles. The number of nitrogens with two attached hydrogens (primary N) is 2. The molecule has 58 heavy (non-hydrogen) atoms. The third-order valence-electron chi connectivity index (χ3n) is 8.91. The number of carboxylic acid groups (broad SMARTS) is 1. The van der Waals surface area contributed by atoms with Crippen molar-refractivity contribution in [1.82, 2.24) is 34.0 Å². The zero-order valence-corrected chi connectivity index (χ0v) is 32.4. The summed E-state index contributed by atoms with van der Waals surface area (Å²) >= 11 is 0. The maximum absolute atomic E-state index is 13.9. The number of aliphatic hydroxyl groups is 2. The van der Waals surface area contributed by atoms with Crippen molar-refractivity contribution in [2.45, 2.75) is 81.2 Å². The Morgan fingerprint density at radius 2 is 1.74 bits per heavy atom. The number of nitrogen functional groups attached to an aromatic ring is 2. The molecule has 5 heterocycles. The molecule has 0 aliphatic carbocycles. The van der Waals surface area contributed by atoms with Gasteiger partial charge in [0.05, 0.1) is 32.2 Å². The maximum atomic E-state index is 13.9. The first-order valence-electron chi connectivity index (χ1n) is 17.4. The number of allylic oxidation sites excluding steroid dienone is 1. The van der Waals surface area contributed by atoms with Gasteiger partial charge in [-0.15, -0.1) is 6.58 Å². The number of nitrogens with zero attached hydrogens (tertiary/aromatic N) is 7. The average Bonchev–Trinajstić information content (AvgIpc) is 3.81. The fourth-order valence-corrected chi connectivity index (χ4v) is 7.67. The van der Waals surface area contributed by atoms with Gasteiger partial charge in [0.2, 0.25) is 5.91 Å². The van der Waals surface area contributed by atoms with E-state index >= 15 is 0 Å². The van der Waals surface area contributed by atoms with Crippen LogP contribution in [0.5, 0.6) is 0 Å². The number of aliphatic carboxylic acids is 1. The summed E-state index contributed by atoms with van der Waals surface area (Å²) in [7, 11) is -10.7. The summed E-state index contributed by atoms with van der Waals surface area (Å²) in [6, 6.07) is -2.21. The van der Waals surface area contributed by atoms with Gasteiger partial charge in [-0.3, -0.25) is 27.5 Å². The number of carbonyl (C=O) groups excluding carboxylic acids is 1. The van der Waals surface area contributed by atoms with E-state index in [4.69, 9.17) is 34.7 Å². The van der Waals surface area contributed by atoms with Gasteiger partial charge in [0, 0.05) is 19.2 Å². The van der Waals surface area contributed by atoms with Crippen LogP contribution in [0.2, 0.25) is 0 Å².